The molecule has 1 aromatic carbocycles. The number of carbonyl (C=O) groups excluding carboxylic acids is 1. The fraction of sp³-hybridized carbons (Fsp3) is 0.467. The zero-order valence-corrected chi connectivity index (χ0v) is 13.3. The smallest absolute Gasteiger partial charge is 0.336 e. The van der Waals surface area contributed by atoms with E-state index in [0.29, 0.717) is 24.3 Å². The number of rotatable bonds is 2. The van der Waals surface area contributed by atoms with Gasteiger partial charge in [0.2, 0.25) is 0 Å². The van der Waals surface area contributed by atoms with E-state index in [1.807, 2.05) is 11.8 Å². The number of aromatic carboxylic acids is 1. The van der Waals surface area contributed by atoms with Crippen LogP contribution in [0, 0.1) is 6.92 Å². The van der Waals surface area contributed by atoms with Crippen LogP contribution < -0.4 is 5.32 Å². The summed E-state index contributed by atoms with van der Waals surface area (Å²) in [7, 11) is 0. The molecule has 21 heavy (non-hydrogen) atoms. The molecule has 0 bridgehead atoms. The van der Waals surface area contributed by atoms with Crippen molar-refractivity contribution in [2.75, 3.05) is 24.2 Å². The highest BCUT2D eigenvalue weighted by molar-refractivity contribution is 8.00. The molecule has 5 nitrogen and oxygen atoms in total. The van der Waals surface area contributed by atoms with Crippen molar-refractivity contribution < 1.29 is 14.7 Å². The Labute approximate surface area is 128 Å². The van der Waals surface area contributed by atoms with Gasteiger partial charge in [-0.05, 0) is 38.5 Å². The van der Waals surface area contributed by atoms with Gasteiger partial charge < -0.3 is 15.3 Å². The second kappa shape index (κ2) is 5.97. The SMILES string of the molecule is Cc1c(NC(=O)N2CCSC(C)(C)C2)cccc1C(=O)O. The Morgan fingerprint density at radius 1 is 1.38 bits per heavy atom. The number of anilines is 1. The van der Waals surface area contributed by atoms with Crippen LogP contribution in [0.5, 0.6) is 0 Å². The van der Waals surface area contributed by atoms with Gasteiger partial charge in [0.25, 0.3) is 0 Å². The van der Waals surface area contributed by atoms with Gasteiger partial charge in [0.15, 0.2) is 0 Å². The second-order valence-electron chi connectivity index (χ2n) is 5.74. The van der Waals surface area contributed by atoms with E-state index in [9.17, 15) is 9.59 Å². The molecule has 0 saturated carbocycles. The van der Waals surface area contributed by atoms with Gasteiger partial charge in [0, 0.05) is 29.3 Å². The summed E-state index contributed by atoms with van der Waals surface area (Å²) in [6, 6.07) is 4.73. The maximum atomic E-state index is 12.3. The molecule has 0 unspecified atom stereocenters. The van der Waals surface area contributed by atoms with Crippen LogP contribution in [0.4, 0.5) is 10.5 Å². The summed E-state index contributed by atoms with van der Waals surface area (Å²) in [6.07, 6.45) is 0. The Morgan fingerprint density at radius 2 is 2.10 bits per heavy atom. The average Bonchev–Trinajstić information content (AvgIpc) is 2.39. The Bertz CT molecular complexity index is 572. The molecule has 1 aromatic rings. The van der Waals surface area contributed by atoms with Crippen molar-refractivity contribution in [2.45, 2.75) is 25.5 Å². The first kappa shape index (κ1) is 15.7. The molecule has 0 spiro atoms. The molecule has 1 fully saturated rings. The first-order valence-electron chi connectivity index (χ1n) is 6.83. The van der Waals surface area contributed by atoms with Crippen LogP contribution in [0.3, 0.4) is 0 Å². The van der Waals surface area contributed by atoms with Gasteiger partial charge >= 0.3 is 12.0 Å². The third-order valence-electron chi connectivity index (χ3n) is 3.52. The van der Waals surface area contributed by atoms with Crippen molar-refractivity contribution >= 4 is 29.4 Å². The number of nitrogens with zero attached hydrogens (tertiary/aromatic N) is 1. The number of urea groups is 1. The molecule has 1 aliphatic rings. The Kier molecular flexibility index (Phi) is 4.46. The maximum Gasteiger partial charge on any atom is 0.336 e. The van der Waals surface area contributed by atoms with Crippen LogP contribution in [0.2, 0.25) is 0 Å². The van der Waals surface area contributed by atoms with Crippen molar-refractivity contribution in [3.05, 3.63) is 29.3 Å². The van der Waals surface area contributed by atoms with E-state index in [0.717, 1.165) is 5.75 Å². The number of carboxylic acid groups (broad SMARTS) is 1. The van der Waals surface area contributed by atoms with Gasteiger partial charge in [0.1, 0.15) is 0 Å². The summed E-state index contributed by atoms with van der Waals surface area (Å²) in [4.78, 5) is 25.2. The maximum absolute atomic E-state index is 12.3. The van der Waals surface area contributed by atoms with Gasteiger partial charge in [-0.25, -0.2) is 9.59 Å². The topological polar surface area (TPSA) is 69.6 Å². The minimum Gasteiger partial charge on any atom is -0.478 e. The molecule has 6 heteroatoms. The van der Waals surface area contributed by atoms with Crippen molar-refractivity contribution in [2.24, 2.45) is 0 Å². The monoisotopic (exact) mass is 308 g/mol. The fourth-order valence-electron chi connectivity index (χ4n) is 2.39. The number of carboxylic acids is 1. The van der Waals surface area contributed by atoms with Crippen molar-refractivity contribution in [3.63, 3.8) is 0 Å². The summed E-state index contributed by atoms with van der Waals surface area (Å²) in [6.45, 7) is 7.33. The Morgan fingerprint density at radius 3 is 2.71 bits per heavy atom. The lowest BCUT2D eigenvalue weighted by Gasteiger charge is -2.37. The van der Waals surface area contributed by atoms with Crippen LogP contribution in [-0.4, -0.2) is 45.6 Å². The summed E-state index contributed by atoms with van der Waals surface area (Å²) in [5.74, 6) is -0.0757. The molecule has 0 atom stereocenters. The lowest BCUT2D eigenvalue weighted by atomic mass is 10.1. The predicted molar refractivity (Wildman–Crippen MR) is 85.3 cm³/mol. The fourth-order valence-corrected chi connectivity index (χ4v) is 3.50. The van der Waals surface area contributed by atoms with Gasteiger partial charge in [-0.1, -0.05) is 6.07 Å². The number of benzene rings is 1. The Balaban J connectivity index is 2.13. The number of carbonyl (C=O) groups is 2. The molecular formula is C15H20N2O3S. The molecule has 1 heterocycles. The average molecular weight is 308 g/mol. The van der Waals surface area contributed by atoms with E-state index in [1.54, 1.807) is 24.0 Å². The largest absolute Gasteiger partial charge is 0.478 e. The molecule has 0 aromatic heterocycles. The van der Waals surface area contributed by atoms with E-state index in [-0.39, 0.29) is 16.3 Å². The number of amides is 2. The van der Waals surface area contributed by atoms with E-state index in [2.05, 4.69) is 19.2 Å². The summed E-state index contributed by atoms with van der Waals surface area (Å²) < 4.78 is 0.0492. The minimum absolute atomic E-state index is 0.0492. The first-order chi connectivity index (χ1) is 9.80. The summed E-state index contributed by atoms with van der Waals surface area (Å²) in [5.41, 5.74) is 1.34. The molecule has 0 radical (unpaired) electrons. The van der Waals surface area contributed by atoms with Crippen LogP contribution in [0.15, 0.2) is 18.2 Å². The van der Waals surface area contributed by atoms with E-state index >= 15 is 0 Å². The summed E-state index contributed by atoms with van der Waals surface area (Å²) in [5, 5.41) is 11.9. The minimum atomic E-state index is -0.987. The molecule has 2 N–H and O–H groups in total. The Hall–Kier alpha value is -1.69. The molecule has 1 saturated heterocycles. The van der Waals surface area contributed by atoms with Gasteiger partial charge in [0.05, 0.1) is 5.56 Å². The highest BCUT2D eigenvalue weighted by Gasteiger charge is 2.30. The van der Waals surface area contributed by atoms with E-state index < -0.39 is 5.97 Å². The van der Waals surface area contributed by atoms with E-state index in [1.165, 1.54) is 6.07 Å². The number of thioether (sulfide) groups is 1. The third kappa shape index (κ3) is 3.69. The van der Waals surface area contributed by atoms with Crippen LogP contribution in [0.1, 0.15) is 29.8 Å². The van der Waals surface area contributed by atoms with Crippen LogP contribution >= 0.6 is 11.8 Å². The normalized spacial score (nSPS) is 17.4. The van der Waals surface area contributed by atoms with Gasteiger partial charge in [-0.15, -0.1) is 0 Å². The van der Waals surface area contributed by atoms with Crippen molar-refractivity contribution in [1.82, 2.24) is 4.90 Å². The lowest BCUT2D eigenvalue weighted by molar-refractivity contribution is 0.0696. The molecule has 2 amide bonds. The van der Waals surface area contributed by atoms with Crippen LogP contribution in [0.25, 0.3) is 0 Å². The second-order valence-corrected chi connectivity index (χ2v) is 7.55. The zero-order chi connectivity index (χ0) is 15.6. The molecule has 1 aliphatic heterocycles. The van der Waals surface area contributed by atoms with Gasteiger partial charge in [-0.3, -0.25) is 0 Å². The molecular weight excluding hydrogens is 288 g/mol. The molecule has 114 valence electrons. The standard InChI is InChI=1S/C15H20N2O3S/c1-10-11(13(18)19)5-4-6-12(10)16-14(20)17-7-8-21-15(2,3)9-17/h4-6H,7-9H2,1-3H3,(H,16,20)(H,18,19). The molecule has 0 aliphatic carbocycles. The first-order valence-corrected chi connectivity index (χ1v) is 7.81. The van der Waals surface area contributed by atoms with Gasteiger partial charge in [-0.2, -0.15) is 11.8 Å². The third-order valence-corrected chi connectivity index (χ3v) is 4.82. The lowest BCUT2D eigenvalue weighted by Crippen LogP contribution is -2.47. The number of nitrogens with one attached hydrogen (secondary N) is 1. The zero-order valence-electron chi connectivity index (χ0n) is 12.5. The number of hydrogen-bond acceptors (Lipinski definition) is 3. The van der Waals surface area contributed by atoms with E-state index in [4.69, 9.17) is 5.11 Å². The highest BCUT2D eigenvalue weighted by Crippen LogP contribution is 2.30. The quantitative estimate of drug-likeness (QED) is 0.881. The van der Waals surface area contributed by atoms with Crippen molar-refractivity contribution in [3.8, 4) is 0 Å². The van der Waals surface area contributed by atoms with Crippen molar-refractivity contribution in [1.29, 1.82) is 0 Å². The van der Waals surface area contributed by atoms with Crippen LogP contribution in [-0.2, 0) is 0 Å². The highest BCUT2D eigenvalue weighted by atomic mass is 32.2. The predicted octanol–water partition coefficient (Wildman–Crippen LogP) is 3.05. The summed E-state index contributed by atoms with van der Waals surface area (Å²) >= 11 is 1.86. The number of hydrogen-bond donors (Lipinski definition) is 2. The molecule has 2 rings (SSSR count).